The van der Waals surface area contributed by atoms with Crippen LogP contribution in [0, 0.1) is 13.8 Å². The summed E-state index contributed by atoms with van der Waals surface area (Å²) in [5.74, 6) is 0. The standard InChI is InChI=1S/C9H10ClN3/c1-5-4-7(10)11-8-6(2)12-13(3)9(5)8/h4H,1-3H3. The highest BCUT2D eigenvalue weighted by Gasteiger charge is 2.09. The smallest absolute Gasteiger partial charge is 0.130 e. The van der Waals surface area contributed by atoms with Crippen LogP contribution in [0.1, 0.15) is 11.3 Å². The minimum Gasteiger partial charge on any atom is -0.266 e. The quantitative estimate of drug-likeness (QED) is 0.604. The zero-order valence-electron chi connectivity index (χ0n) is 7.80. The molecule has 0 atom stereocenters. The van der Waals surface area contributed by atoms with Crippen molar-refractivity contribution < 1.29 is 0 Å². The van der Waals surface area contributed by atoms with Crippen molar-refractivity contribution in [2.45, 2.75) is 13.8 Å². The van der Waals surface area contributed by atoms with Gasteiger partial charge in [-0.3, -0.25) is 4.68 Å². The number of aromatic nitrogens is 3. The monoisotopic (exact) mass is 195 g/mol. The maximum atomic E-state index is 5.86. The van der Waals surface area contributed by atoms with Crippen molar-refractivity contribution in [3.8, 4) is 0 Å². The molecule has 0 fully saturated rings. The number of rotatable bonds is 0. The van der Waals surface area contributed by atoms with E-state index in [2.05, 4.69) is 10.1 Å². The molecule has 13 heavy (non-hydrogen) atoms. The van der Waals surface area contributed by atoms with Gasteiger partial charge in [0.2, 0.25) is 0 Å². The highest BCUT2D eigenvalue weighted by atomic mass is 35.5. The summed E-state index contributed by atoms with van der Waals surface area (Å²) in [7, 11) is 1.91. The molecule has 2 heterocycles. The Labute approximate surface area is 81.3 Å². The summed E-state index contributed by atoms with van der Waals surface area (Å²) in [5, 5.41) is 4.82. The summed E-state index contributed by atoms with van der Waals surface area (Å²) in [5.41, 5.74) is 3.98. The van der Waals surface area contributed by atoms with Gasteiger partial charge in [0.05, 0.1) is 11.2 Å². The molecule has 0 unspecified atom stereocenters. The van der Waals surface area contributed by atoms with Crippen molar-refractivity contribution >= 4 is 22.6 Å². The van der Waals surface area contributed by atoms with Crippen LogP contribution in [-0.2, 0) is 7.05 Å². The SMILES string of the molecule is Cc1nn(C)c2c(C)cc(Cl)nc12. The minimum absolute atomic E-state index is 0.529. The van der Waals surface area contributed by atoms with E-state index >= 15 is 0 Å². The molecular weight excluding hydrogens is 186 g/mol. The van der Waals surface area contributed by atoms with Gasteiger partial charge in [-0.25, -0.2) is 4.98 Å². The predicted molar refractivity (Wildman–Crippen MR) is 53.0 cm³/mol. The number of hydrogen-bond donors (Lipinski definition) is 0. The van der Waals surface area contributed by atoms with Gasteiger partial charge in [-0.1, -0.05) is 11.6 Å². The molecule has 4 heteroatoms. The lowest BCUT2D eigenvalue weighted by molar-refractivity contribution is 0.781. The summed E-state index contributed by atoms with van der Waals surface area (Å²) >= 11 is 5.86. The topological polar surface area (TPSA) is 30.7 Å². The van der Waals surface area contributed by atoms with Gasteiger partial charge in [-0.15, -0.1) is 0 Å². The first-order chi connectivity index (χ1) is 6.09. The minimum atomic E-state index is 0.529. The van der Waals surface area contributed by atoms with Gasteiger partial charge in [0.25, 0.3) is 0 Å². The first-order valence-electron chi connectivity index (χ1n) is 4.06. The Morgan fingerprint density at radius 1 is 1.38 bits per heavy atom. The number of hydrogen-bond acceptors (Lipinski definition) is 2. The molecule has 68 valence electrons. The third-order valence-electron chi connectivity index (χ3n) is 2.12. The zero-order chi connectivity index (χ0) is 9.59. The number of pyridine rings is 1. The largest absolute Gasteiger partial charge is 0.266 e. The fourth-order valence-corrected chi connectivity index (χ4v) is 1.86. The Bertz CT molecular complexity index is 473. The van der Waals surface area contributed by atoms with Crippen molar-refractivity contribution in [2.24, 2.45) is 7.05 Å². The molecule has 0 spiro atoms. The second kappa shape index (κ2) is 2.70. The summed E-state index contributed by atoms with van der Waals surface area (Å²) < 4.78 is 1.84. The second-order valence-electron chi connectivity index (χ2n) is 3.17. The average molecular weight is 196 g/mol. The van der Waals surface area contributed by atoms with Crippen LogP contribution in [0.5, 0.6) is 0 Å². The van der Waals surface area contributed by atoms with Crippen LogP contribution in [0.15, 0.2) is 6.07 Å². The van der Waals surface area contributed by atoms with Crippen LogP contribution in [0.4, 0.5) is 0 Å². The van der Waals surface area contributed by atoms with Crippen LogP contribution in [0.25, 0.3) is 11.0 Å². The molecule has 0 bridgehead atoms. The molecule has 0 aliphatic carbocycles. The summed E-state index contributed by atoms with van der Waals surface area (Å²) in [6, 6.07) is 1.85. The van der Waals surface area contributed by atoms with Crippen molar-refractivity contribution in [3.63, 3.8) is 0 Å². The Hall–Kier alpha value is -1.09. The molecule has 0 aliphatic heterocycles. The molecule has 0 saturated heterocycles. The van der Waals surface area contributed by atoms with E-state index in [9.17, 15) is 0 Å². The van der Waals surface area contributed by atoms with Gasteiger partial charge in [0.15, 0.2) is 0 Å². The first kappa shape index (κ1) is 8.51. The molecule has 2 aromatic rings. The summed E-state index contributed by atoms with van der Waals surface area (Å²) in [6.45, 7) is 3.95. The lowest BCUT2D eigenvalue weighted by Gasteiger charge is -1.98. The van der Waals surface area contributed by atoms with Crippen molar-refractivity contribution in [1.29, 1.82) is 0 Å². The second-order valence-corrected chi connectivity index (χ2v) is 3.56. The Kier molecular flexibility index (Phi) is 1.77. The van der Waals surface area contributed by atoms with Crippen LogP contribution in [0.3, 0.4) is 0 Å². The van der Waals surface area contributed by atoms with Gasteiger partial charge in [0.1, 0.15) is 10.7 Å². The van der Waals surface area contributed by atoms with Gasteiger partial charge >= 0.3 is 0 Å². The van der Waals surface area contributed by atoms with Gasteiger partial charge in [-0.2, -0.15) is 5.10 Å². The number of halogens is 1. The lowest BCUT2D eigenvalue weighted by atomic mass is 10.2. The van der Waals surface area contributed by atoms with Gasteiger partial charge < -0.3 is 0 Å². The highest BCUT2D eigenvalue weighted by Crippen LogP contribution is 2.21. The molecule has 2 rings (SSSR count). The molecule has 0 aromatic carbocycles. The third kappa shape index (κ3) is 1.20. The fourth-order valence-electron chi connectivity index (χ4n) is 1.61. The van der Waals surface area contributed by atoms with E-state index in [-0.39, 0.29) is 0 Å². The summed E-state index contributed by atoms with van der Waals surface area (Å²) in [4.78, 5) is 4.24. The zero-order valence-corrected chi connectivity index (χ0v) is 8.55. The normalized spacial score (nSPS) is 11.1. The van der Waals surface area contributed by atoms with Gasteiger partial charge in [-0.05, 0) is 25.5 Å². The van der Waals surface area contributed by atoms with E-state index in [0.29, 0.717) is 5.15 Å². The molecular formula is C9H10ClN3. The number of aryl methyl sites for hydroxylation is 3. The number of nitrogens with zero attached hydrogens (tertiary/aromatic N) is 3. The van der Waals surface area contributed by atoms with E-state index in [1.165, 1.54) is 0 Å². The molecule has 2 aromatic heterocycles. The lowest BCUT2D eigenvalue weighted by Crippen LogP contribution is -1.92. The predicted octanol–water partition coefficient (Wildman–Crippen LogP) is 2.24. The van der Waals surface area contributed by atoms with E-state index in [1.54, 1.807) is 0 Å². The average Bonchev–Trinajstić information content (AvgIpc) is 2.27. The Morgan fingerprint density at radius 3 is 2.77 bits per heavy atom. The first-order valence-corrected chi connectivity index (χ1v) is 4.44. The number of fused-ring (bicyclic) bond motifs is 1. The van der Waals surface area contributed by atoms with Crippen LogP contribution < -0.4 is 0 Å². The molecule has 0 saturated carbocycles. The maximum Gasteiger partial charge on any atom is 0.130 e. The molecule has 3 nitrogen and oxygen atoms in total. The Balaban J connectivity index is 2.97. The van der Waals surface area contributed by atoms with E-state index in [4.69, 9.17) is 11.6 Å². The third-order valence-corrected chi connectivity index (χ3v) is 2.31. The van der Waals surface area contributed by atoms with Crippen LogP contribution >= 0.6 is 11.6 Å². The van der Waals surface area contributed by atoms with Crippen LogP contribution in [-0.4, -0.2) is 14.8 Å². The highest BCUT2D eigenvalue weighted by molar-refractivity contribution is 6.29. The summed E-state index contributed by atoms with van der Waals surface area (Å²) in [6.07, 6.45) is 0. The van der Waals surface area contributed by atoms with E-state index < -0.39 is 0 Å². The fraction of sp³-hybridized carbons (Fsp3) is 0.333. The maximum absolute atomic E-state index is 5.86. The van der Waals surface area contributed by atoms with E-state index in [0.717, 1.165) is 22.3 Å². The van der Waals surface area contributed by atoms with E-state index in [1.807, 2.05) is 31.6 Å². The molecule has 0 aliphatic rings. The van der Waals surface area contributed by atoms with Crippen LogP contribution in [0.2, 0.25) is 5.15 Å². The van der Waals surface area contributed by atoms with Crippen molar-refractivity contribution in [2.75, 3.05) is 0 Å². The Morgan fingerprint density at radius 2 is 2.08 bits per heavy atom. The van der Waals surface area contributed by atoms with Gasteiger partial charge in [0, 0.05) is 7.05 Å². The van der Waals surface area contributed by atoms with Crippen molar-refractivity contribution in [3.05, 3.63) is 22.5 Å². The molecule has 0 radical (unpaired) electrons. The van der Waals surface area contributed by atoms with Crippen molar-refractivity contribution in [1.82, 2.24) is 14.8 Å². The molecule has 0 N–H and O–H groups in total. The molecule has 0 amide bonds.